The first-order valence-corrected chi connectivity index (χ1v) is 12.7. The van der Waals surface area contributed by atoms with E-state index in [0.29, 0.717) is 29.1 Å². The summed E-state index contributed by atoms with van der Waals surface area (Å²) in [6.45, 7) is 2.58. The summed E-state index contributed by atoms with van der Waals surface area (Å²) in [6.07, 6.45) is 3.37. The summed E-state index contributed by atoms with van der Waals surface area (Å²) in [5, 5.41) is 11.8. The van der Waals surface area contributed by atoms with Crippen LogP contribution in [0.5, 0.6) is 0 Å². The fraction of sp³-hybridized carbons (Fsp3) is 0.423. The van der Waals surface area contributed by atoms with E-state index in [1.807, 2.05) is 13.0 Å². The Kier molecular flexibility index (Phi) is 6.68. The number of rotatable bonds is 5. The van der Waals surface area contributed by atoms with Crippen LogP contribution in [0.3, 0.4) is 0 Å². The SMILES string of the molecule is CCn1nc2c(c1C(=O)N[C@H]1C=C(Nc3cc(C(F)(F)F)nc4ccc(Cl)cc34)CCC1)CCCC2. The number of halogens is 4. The average Bonchev–Trinajstić information content (AvgIpc) is 3.23. The first kappa shape index (κ1) is 24.6. The van der Waals surface area contributed by atoms with E-state index in [0.717, 1.165) is 61.5 Å². The predicted octanol–water partition coefficient (Wildman–Crippen LogP) is 6.28. The van der Waals surface area contributed by atoms with Gasteiger partial charge in [0.1, 0.15) is 11.4 Å². The molecule has 3 aromatic rings. The molecule has 2 aromatic heterocycles. The molecule has 0 bridgehead atoms. The Balaban J connectivity index is 1.41. The van der Waals surface area contributed by atoms with Crippen LogP contribution in [0.25, 0.3) is 10.9 Å². The highest BCUT2D eigenvalue weighted by Gasteiger charge is 2.34. The summed E-state index contributed by atoms with van der Waals surface area (Å²) in [5.74, 6) is -0.157. The largest absolute Gasteiger partial charge is 0.433 e. The van der Waals surface area contributed by atoms with Gasteiger partial charge in [0.15, 0.2) is 0 Å². The minimum atomic E-state index is -4.58. The number of allylic oxidation sites excluding steroid dienone is 1. The molecule has 0 fully saturated rings. The van der Waals surface area contributed by atoms with E-state index in [1.165, 1.54) is 12.1 Å². The Labute approximate surface area is 211 Å². The third kappa shape index (κ3) is 4.93. The molecule has 0 unspecified atom stereocenters. The van der Waals surface area contributed by atoms with Crippen LogP contribution in [0, 0.1) is 0 Å². The Hall–Kier alpha value is -3.07. The van der Waals surface area contributed by atoms with Gasteiger partial charge in [-0.3, -0.25) is 9.48 Å². The molecule has 10 heteroatoms. The summed E-state index contributed by atoms with van der Waals surface area (Å²) in [4.78, 5) is 17.1. The van der Waals surface area contributed by atoms with Crippen molar-refractivity contribution >= 4 is 34.1 Å². The summed E-state index contributed by atoms with van der Waals surface area (Å²) >= 11 is 6.12. The molecule has 36 heavy (non-hydrogen) atoms. The molecule has 5 rings (SSSR count). The Bertz CT molecular complexity index is 1350. The van der Waals surface area contributed by atoms with Crippen LogP contribution < -0.4 is 10.6 Å². The van der Waals surface area contributed by atoms with Crippen LogP contribution in [-0.2, 0) is 25.6 Å². The lowest BCUT2D eigenvalue weighted by Crippen LogP contribution is -2.37. The van der Waals surface area contributed by atoms with Gasteiger partial charge < -0.3 is 10.6 Å². The van der Waals surface area contributed by atoms with E-state index in [4.69, 9.17) is 11.6 Å². The van der Waals surface area contributed by atoms with E-state index >= 15 is 0 Å². The summed E-state index contributed by atoms with van der Waals surface area (Å²) in [7, 11) is 0. The molecule has 2 aliphatic carbocycles. The topological polar surface area (TPSA) is 71.8 Å². The summed E-state index contributed by atoms with van der Waals surface area (Å²) in [5.41, 5.74) is 2.95. The van der Waals surface area contributed by atoms with Crippen molar-refractivity contribution in [1.29, 1.82) is 0 Å². The van der Waals surface area contributed by atoms with Gasteiger partial charge in [-0.05, 0) is 82.2 Å². The monoisotopic (exact) mass is 517 g/mol. The maximum absolute atomic E-state index is 13.5. The average molecular weight is 518 g/mol. The first-order chi connectivity index (χ1) is 17.2. The second kappa shape index (κ2) is 9.76. The van der Waals surface area contributed by atoms with Crippen molar-refractivity contribution in [2.75, 3.05) is 5.32 Å². The summed E-state index contributed by atoms with van der Waals surface area (Å²) < 4.78 is 42.3. The molecule has 2 aliphatic rings. The number of carbonyl (C=O) groups is 1. The van der Waals surface area contributed by atoms with Crippen LogP contribution in [0.15, 0.2) is 36.0 Å². The number of hydrogen-bond acceptors (Lipinski definition) is 4. The summed E-state index contributed by atoms with van der Waals surface area (Å²) in [6, 6.07) is 5.37. The van der Waals surface area contributed by atoms with E-state index in [-0.39, 0.29) is 23.2 Å². The molecule has 1 amide bonds. The molecule has 190 valence electrons. The number of aromatic nitrogens is 3. The van der Waals surface area contributed by atoms with Crippen molar-refractivity contribution in [2.24, 2.45) is 0 Å². The van der Waals surface area contributed by atoms with Gasteiger partial charge in [0.2, 0.25) is 0 Å². The number of pyridine rings is 1. The van der Waals surface area contributed by atoms with E-state index in [1.54, 1.807) is 10.7 Å². The molecule has 6 nitrogen and oxygen atoms in total. The van der Waals surface area contributed by atoms with Gasteiger partial charge in [-0.2, -0.15) is 18.3 Å². The number of anilines is 1. The van der Waals surface area contributed by atoms with E-state index in [2.05, 4.69) is 20.7 Å². The van der Waals surface area contributed by atoms with Gasteiger partial charge in [-0.1, -0.05) is 11.6 Å². The van der Waals surface area contributed by atoms with Crippen LogP contribution in [0.4, 0.5) is 18.9 Å². The molecule has 1 atom stereocenters. The van der Waals surface area contributed by atoms with Crippen molar-refractivity contribution in [3.63, 3.8) is 0 Å². The van der Waals surface area contributed by atoms with Crippen molar-refractivity contribution in [3.05, 3.63) is 63.7 Å². The molecule has 2 N–H and O–H groups in total. The van der Waals surface area contributed by atoms with Crippen LogP contribution in [0.1, 0.15) is 66.5 Å². The molecule has 0 radical (unpaired) electrons. The van der Waals surface area contributed by atoms with Gasteiger partial charge in [-0.25, -0.2) is 4.98 Å². The predicted molar refractivity (Wildman–Crippen MR) is 133 cm³/mol. The maximum Gasteiger partial charge on any atom is 0.433 e. The minimum Gasteiger partial charge on any atom is -0.359 e. The zero-order valence-corrected chi connectivity index (χ0v) is 20.6. The smallest absolute Gasteiger partial charge is 0.359 e. The number of carbonyl (C=O) groups excluding carboxylic acids is 1. The van der Waals surface area contributed by atoms with Gasteiger partial charge in [-0.15, -0.1) is 0 Å². The lowest BCUT2D eigenvalue weighted by Gasteiger charge is -2.24. The van der Waals surface area contributed by atoms with Crippen molar-refractivity contribution in [2.45, 2.75) is 70.6 Å². The van der Waals surface area contributed by atoms with Gasteiger partial charge in [0, 0.05) is 39.9 Å². The first-order valence-electron chi connectivity index (χ1n) is 12.3. The quantitative estimate of drug-likeness (QED) is 0.418. The molecule has 2 heterocycles. The minimum absolute atomic E-state index is 0.157. The van der Waals surface area contributed by atoms with Gasteiger partial charge in [0.25, 0.3) is 5.91 Å². The number of nitrogens with zero attached hydrogens (tertiary/aromatic N) is 3. The molecular weight excluding hydrogens is 491 g/mol. The highest BCUT2D eigenvalue weighted by atomic mass is 35.5. The highest BCUT2D eigenvalue weighted by molar-refractivity contribution is 6.31. The van der Waals surface area contributed by atoms with Crippen LogP contribution >= 0.6 is 11.6 Å². The van der Waals surface area contributed by atoms with Crippen molar-refractivity contribution in [1.82, 2.24) is 20.1 Å². The molecule has 0 saturated heterocycles. The number of aryl methyl sites for hydroxylation is 2. The zero-order chi connectivity index (χ0) is 25.4. The number of nitrogens with one attached hydrogen (secondary N) is 2. The van der Waals surface area contributed by atoms with E-state index < -0.39 is 11.9 Å². The van der Waals surface area contributed by atoms with Crippen molar-refractivity contribution in [3.8, 4) is 0 Å². The standard InChI is InChI=1S/C26H27ClF3N5O/c1-2-35-24(18-8-3-4-9-21(18)34-35)25(36)32-17-7-5-6-16(13-17)31-22-14-23(26(28,29)30)33-20-11-10-15(27)12-19(20)22/h10-14,17H,2-9H2,1H3,(H,31,33)(H,32,36)/t17-/m1/s1. The maximum atomic E-state index is 13.5. The third-order valence-corrected chi connectivity index (χ3v) is 7.01. The normalized spacial score (nSPS) is 18.0. The second-order valence-electron chi connectivity index (χ2n) is 9.30. The highest BCUT2D eigenvalue weighted by Crippen LogP contribution is 2.35. The van der Waals surface area contributed by atoms with Gasteiger partial charge in [0.05, 0.1) is 11.2 Å². The lowest BCUT2D eigenvalue weighted by atomic mass is 9.95. The molecule has 1 aromatic carbocycles. The second-order valence-corrected chi connectivity index (χ2v) is 9.74. The fourth-order valence-electron chi connectivity index (χ4n) is 5.09. The lowest BCUT2D eigenvalue weighted by molar-refractivity contribution is -0.140. The van der Waals surface area contributed by atoms with Gasteiger partial charge >= 0.3 is 6.18 Å². The zero-order valence-electron chi connectivity index (χ0n) is 19.9. The Morgan fingerprint density at radius 2 is 1.97 bits per heavy atom. The molecule has 0 spiro atoms. The van der Waals surface area contributed by atoms with Crippen LogP contribution in [-0.4, -0.2) is 26.7 Å². The number of amides is 1. The number of fused-ring (bicyclic) bond motifs is 2. The van der Waals surface area contributed by atoms with E-state index in [9.17, 15) is 18.0 Å². The Morgan fingerprint density at radius 1 is 1.17 bits per heavy atom. The molecule has 0 saturated carbocycles. The molecule has 0 aliphatic heterocycles. The number of alkyl halides is 3. The fourth-order valence-corrected chi connectivity index (χ4v) is 5.26. The Morgan fingerprint density at radius 3 is 2.75 bits per heavy atom. The van der Waals surface area contributed by atoms with Crippen LogP contribution in [0.2, 0.25) is 5.02 Å². The third-order valence-electron chi connectivity index (χ3n) is 6.78. The number of hydrogen-bond donors (Lipinski definition) is 2. The number of benzene rings is 1. The molecular formula is C26H27ClF3N5O. The van der Waals surface area contributed by atoms with Crippen molar-refractivity contribution < 1.29 is 18.0 Å².